The molecule has 5 nitrogen and oxygen atoms in total. The van der Waals surface area contributed by atoms with Gasteiger partial charge in [0, 0.05) is 29.9 Å². The number of anilines is 1. The zero-order valence-corrected chi connectivity index (χ0v) is 12.5. The summed E-state index contributed by atoms with van der Waals surface area (Å²) in [6, 6.07) is 0. The molecule has 2 rings (SSSR count). The maximum absolute atomic E-state index is 11.8. The minimum atomic E-state index is -3.15. The number of halogens is 1. The van der Waals surface area contributed by atoms with Crippen molar-refractivity contribution in [1.29, 1.82) is 0 Å². The van der Waals surface area contributed by atoms with Crippen LogP contribution in [0.5, 0.6) is 0 Å². The summed E-state index contributed by atoms with van der Waals surface area (Å²) in [7, 11) is -3.15. The summed E-state index contributed by atoms with van der Waals surface area (Å²) in [6.45, 7) is 2.45. The molecule has 1 aromatic rings. The molecule has 8 heteroatoms. The van der Waals surface area contributed by atoms with Gasteiger partial charge in [-0.05, 0) is 6.92 Å². The van der Waals surface area contributed by atoms with Gasteiger partial charge in [-0.15, -0.1) is 0 Å². The van der Waals surface area contributed by atoms with Crippen molar-refractivity contribution >= 4 is 39.0 Å². The summed E-state index contributed by atoms with van der Waals surface area (Å²) in [6.07, 6.45) is 2.63. The van der Waals surface area contributed by atoms with Crippen LogP contribution in [0, 0.1) is 6.92 Å². The molecule has 1 fully saturated rings. The smallest absolute Gasteiger partial charge is 0.169 e. The highest BCUT2D eigenvalue weighted by Gasteiger charge is 2.32. The van der Waals surface area contributed by atoms with Crippen molar-refractivity contribution in [3.8, 4) is 0 Å². The van der Waals surface area contributed by atoms with Gasteiger partial charge in [0.2, 0.25) is 0 Å². The Labute approximate surface area is 116 Å². The van der Waals surface area contributed by atoms with E-state index in [1.165, 1.54) is 12.6 Å². The second-order valence-electron chi connectivity index (χ2n) is 4.17. The zero-order chi connectivity index (χ0) is 13.3. The molecule has 1 aromatic heterocycles. The average molecular weight is 308 g/mol. The highest BCUT2D eigenvalue weighted by atomic mass is 35.5. The predicted molar refractivity (Wildman–Crippen MR) is 75.1 cm³/mol. The summed E-state index contributed by atoms with van der Waals surface area (Å²) in [4.78, 5) is 9.89. The standard InChI is InChI=1S/C10H14ClN3O2S2/c1-7-9(11)12-6-13-10(7)14-3-4-17-5-8(14)18(2,15)16/h6,8H,3-5H2,1-2H3. The van der Waals surface area contributed by atoms with E-state index >= 15 is 0 Å². The van der Waals surface area contributed by atoms with Crippen LogP contribution in [0.2, 0.25) is 5.15 Å². The van der Waals surface area contributed by atoms with Crippen LogP contribution in [0.3, 0.4) is 0 Å². The summed E-state index contributed by atoms with van der Waals surface area (Å²) in [5.41, 5.74) is 0.722. The largest absolute Gasteiger partial charge is 0.338 e. The molecule has 1 unspecified atom stereocenters. The number of thioether (sulfide) groups is 1. The Bertz CT molecular complexity index is 550. The fourth-order valence-electron chi connectivity index (χ4n) is 1.89. The van der Waals surface area contributed by atoms with E-state index in [1.807, 2.05) is 4.90 Å². The van der Waals surface area contributed by atoms with Crippen LogP contribution in [-0.4, -0.2) is 48.1 Å². The topological polar surface area (TPSA) is 63.2 Å². The molecule has 0 N–H and O–H groups in total. The van der Waals surface area contributed by atoms with Gasteiger partial charge in [0.25, 0.3) is 0 Å². The van der Waals surface area contributed by atoms with Gasteiger partial charge < -0.3 is 4.90 Å². The molecule has 100 valence electrons. The third kappa shape index (κ3) is 2.73. The number of sulfone groups is 1. The Hall–Kier alpha value is -0.530. The van der Waals surface area contributed by atoms with Crippen LogP contribution in [0.1, 0.15) is 5.56 Å². The first kappa shape index (κ1) is 13.9. The molecule has 0 aliphatic carbocycles. The Morgan fingerprint density at radius 3 is 2.89 bits per heavy atom. The molecule has 0 bridgehead atoms. The Morgan fingerprint density at radius 2 is 2.22 bits per heavy atom. The van der Waals surface area contributed by atoms with E-state index in [0.717, 1.165) is 11.3 Å². The first-order valence-corrected chi connectivity index (χ1v) is 8.90. The van der Waals surface area contributed by atoms with Crippen LogP contribution in [0.25, 0.3) is 0 Å². The lowest BCUT2D eigenvalue weighted by Crippen LogP contribution is -2.47. The maximum atomic E-state index is 11.8. The van der Waals surface area contributed by atoms with Crippen LogP contribution < -0.4 is 4.90 Å². The number of hydrogen-bond donors (Lipinski definition) is 0. The maximum Gasteiger partial charge on any atom is 0.169 e. The second kappa shape index (κ2) is 5.22. The molecule has 18 heavy (non-hydrogen) atoms. The normalized spacial score (nSPS) is 21.1. The van der Waals surface area contributed by atoms with Crippen LogP contribution in [0.4, 0.5) is 5.82 Å². The van der Waals surface area contributed by atoms with Gasteiger partial charge in [-0.2, -0.15) is 11.8 Å². The van der Waals surface area contributed by atoms with Crippen LogP contribution in [-0.2, 0) is 9.84 Å². The fourth-order valence-corrected chi connectivity index (χ4v) is 4.83. The van der Waals surface area contributed by atoms with Crippen molar-refractivity contribution in [2.75, 3.05) is 29.2 Å². The number of aromatic nitrogens is 2. The van der Waals surface area contributed by atoms with Crippen molar-refractivity contribution in [2.45, 2.75) is 12.3 Å². The van der Waals surface area contributed by atoms with Crippen molar-refractivity contribution in [1.82, 2.24) is 9.97 Å². The van der Waals surface area contributed by atoms with Gasteiger partial charge in [0.1, 0.15) is 22.7 Å². The molecule has 0 saturated carbocycles. The molecule has 1 aliphatic rings. The van der Waals surface area contributed by atoms with Gasteiger partial charge in [0.05, 0.1) is 0 Å². The lowest BCUT2D eigenvalue weighted by atomic mass is 10.3. The molecule has 1 atom stereocenters. The molecule has 1 saturated heterocycles. The van der Waals surface area contributed by atoms with E-state index in [4.69, 9.17) is 11.6 Å². The lowest BCUT2D eigenvalue weighted by Gasteiger charge is -2.35. The van der Waals surface area contributed by atoms with Crippen molar-refractivity contribution < 1.29 is 8.42 Å². The molecule has 0 spiro atoms. The average Bonchev–Trinajstić information content (AvgIpc) is 2.32. The summed E-state index contributed by atoms with van der Waals surface area (Å²) in [5.74, 6) is 2.05. The van der Waals surface area contributed by atoms with E-state index in [1.54, 1.807) is 18.7 Å². The quantitative estimate of drug-likeness (QED) is 0.769. The third-order valence-electron chi connectivity index (χ3n) is 2.85. The SMILES string of the molecule is Cc1c(Cl)ncnc1N1CCSCC1S(C)(=O)=O. The molecule has 0 radical (unpaired) electrons. The minimum absolute atomic E-state index is 0.366. The van der Waals surface area contributed by atoms with E-state index in [0.29, 0.717) is 23.3 Å². The lowest BCUT2D eigenvalue weighted by molar-refractivity contribution is 0.583. The van der Waals surface area contributed by atoms with Crippen molar-refractivity contribution in [2.24, 2.45) is 0 Å². The molecular formula is C10H14ClN3O2S2. The molecule has 1 aliphatic heterocycles. The van der Waals surface area contributed by atoms with Gasteiger partial charge in [-0.3, -0.25) is 0 Å². The first-order chi connectivity index (χ1) is 8.41. The van der Waals surface area contributed by atoms with Gasteiger partial charge in [0.15, 0.2) is 9.84 Å². The van der Waals surface area contributed by atoms with E-state index < -0.39 is 15.2 Å². The number of nitrogens with zero attached hydrogens (tertiary/aromatic N) is 3. The second-order valence-corrected chi connectivity index (χ2v) is 7.88. The van der Waals surface area contributed by atoms with Gasteiger partial charge in [-0.25, -0.2) is 18.4 Å². The first-order valence-electron chi connectivity index (χ1n) is 5.41. The van der Waals surface area contributed by atoms with Gasteiger partial charge in [-0.1, -0.05) is 11.6 Å². The molecular weight excluding hydrogens is 294 g/mol. The summed E-state index contributed by atoms with van der Waals surface area (Å²) in [5, 5.41) is -0.175. The predicted octanol–water partition coefficient (Wildman–Crippen LogP) is 1.36. The highest BCUT2D eigenvalue weighted by molar-refractivity contribution is 8.01. The molecule has 0 amide bonds. The fraction of sp³-hybridized carbons (Fsp3) is 0.600. The Morgan fingerprint density at radius 1 is 1.50 bits per heavy atom. The summed E-state index contributed by atoms with van der Waals surface area (Å²) < 4.78 is 23.7. The minimum Gasteiger partial charge on any atom is -0.338 e. The third-order valence-corrected chi connectivity index (χ3v) is 5.87. The molecule has 2 heterocycles. The van der Waals surface area contributed by atoms with Crippen LogP contribution in [0.15, 0.2) is 6.33 Å². The number of hydrogen-bond acceptors (Lipinski definition) is 6. The van der Waals surface area contributed by atoms with E-state index in [2.05, 4.69) is 9.97 Å². The highest BCUT2D eigenvalue weighted by Crippen LogP contribution is 2.29. The van der Waals surface area contributed by atoms with E-state index in [9.17, 15) is 8.42 Å². The van der Waals surface area contributed by atoms with Crippen molar-refractivity contribution in [3.63, 3.8) is 0 Å². The molecule has 0 aromatic carbocycles. The Balaban J connectivity index is 2.43. The Kier molecular flexibility index (Phi) is 4.03. The van der Waals surface area contributed by atoms with Crippen LogP contribution >= 0.6 is 23.4 Å². The van der Waals surface area contributed by atoms with Crippen molar-refractivity contribution in [3.05, 3.63) is 17.0 Å². The monoisotopic (exact) mass is 307 g/mol. The zero-order valence-electron chi connectivity index (χ0n) is 10.1. The van der Waals surface area contributed by atoms with Gasteiger partial charge >= 0.3 is 0 Å². The summed E-state index contributed by atoms with van der Waals surface area (Å²) >= 11 is 7.60. The van der Waals surface area contributed by atoms with E-state index in [-0.39, 0.29) is 0 Å². The number of rotatable bonds is 2.